The second-order valence-electron chi connectivity index (χ2n) is 6.71. The minimum Gasteiger partial charge on any atom is -0.497 e. The van der Waals surface area contributed by atoms with E-state index in [9.17, 15) is 4.79 Å². The smallest absolute Gasteiger partial charge is 0.171 e. The van der Waals surface area contributed by atoms with Gasteiger partial charge in [0.2, 0.25) is 0 Å². The van der Waals surface area contributed by atoms with E-state index >= 15 is 0 Å². The van der Waals surface area contributed by atoms with Crippen molar-refractivity contribution in [1.82, 2.24) is 9.88 Å². The minimum atomic E-state index is -0.0127. The normalized spacial score (nSPS) is 14.4. The number of carbonyl (C=O) groups is 1. The van der Waals surface area contributed by atoms with Crippen LogP contribution in [0.25, 0.3) is 21.3 Å². The highest BCUT2D eigenvalue weighted by molar-refractivity contribution is 7.21. The topological polar surface area (TPSA) is 68.4 Å². The van der Waals surface area contributed by atoms with E-state index in [1.54, 1.807) is 14.0 Å². The van der Waals surface area contributed by atoms with Crippen LogP contribution < -0.4 is 10.5 Å². The van der Waals surface area contributed by atoms with E-state index in [1.807, 2.05) is 24.3 Å². The number of hydrogen-bond donors (Lipinski definition) is 1. The maximum atomic E-state index is 12.0. The van der Waals surface area contributed by atoms with Crippen LogP contribution in [0.3, 0.4) is 0 Å². The van der Waals surface area contributed by atoms with Crippen LogP contribution in [-0.4, -0.2) is 36.4 Å². The van der Waals surface area contributed by atoms with Crippen molar-refractivity contribution in [2.75, 3.05) is 26.4 Å². The van der Waals surface area contributed by atoms with Crippen molar-refractivity contribution in [2.45, 2.75) is 19.9 Å². The van der Waals surface area contributed by atoms with Crippen molar-refractivity contribution in [2.24, 2.45) is 0 Å². The number of carbonyl (C=O) groups excluding carboxylic acids is 1. The first-order chi connectivity index (χ1) is 12.5. The maximum absolute atomic E-state index is 12.0. The van der Waals surface area contributed by atoms with Crippen molar-refractivity contribution in [3.8, 4) is 16.9 Å². The van der Waals surface area contributed by atoms with E-state index in [2.05, 4.69) is 11.9 Å². The molecule has 0 saturated heterocycles. The van der Waals surface area contributed by atoms with E-state index in [0.717, 1.165) is 52.3 Å². The zero-order valence-corrected chi connectivity index (χ0v) is 15.9. The predicted octanol–water partition coefficient (Wildman–Crippen LogP) is 3.74. The van der Waals surface area contributed by atoms with Crippen molar-refractivity contribution in [3.05, 3.63) is 40.4 Å². The standard InChI is InChI=1S/C20H21N3O2S/c1-11(24)19-18(21)17-16(12-4-6-13(25-3)7-5-12)14-10-23(2)9-8-15(14)22-20(17)26-19/h4-7H,8-10,21H2,1-3H3. The van der Waals surface area contributed by atoms with E-state index in [-0.39, 0.29) is 5.78 Å². The van der Waals surface area contributed by atoms with Crippen molar-refractivity contribution in [3.63, 3.8) is 0 Å². The lowest BCUT2D eigenvalue weighted by Gasteiger charge is -2.27. The number of fused-ring (bicyclic) bond motifs is 2. The third kappa shape index (κ3) is 2.66. The van der Waals surface area contributed by atoms with Gasteiger partial charge in [-0.15, -0.1) is 11.3 Å². The number of Topliss-reactive ketones (excluding diaryl/α,β-unsaturated/α-hetero) is 1. The Morgan fingerprint density at radius 3 is 2.69 bits per heavy atom. The number of methoxy groups -OCH3 is 1. The Hall–Kier alpha value is -2.44. The molecule has 2 N–H and O–H groups in total. The Bertz CT molecular complexity index is 1010. The van der Waals surface area contributed by atoms with Crippen molar-refractivity contribution in [1.29, 1.82) is 0 Å². The Labute approximate surface area is 156 Å². The number of nitrogens with zero attached hydrogens (tertiary/aromatic N) is 2. The lowest BCUT2D eigenvalue weighted by atomic mass is 9.92. The summed E-state index contributed by atoms with van der Waals surface area (Å²) in [7, 11) is 3.77. The molecule has 1 aliphatic heterocycles. The van der Waals surface area contributed by atoms with Crippen LogP contribution in [0.4, 0.5) is 5.69 Å². The summed E-state index contributed by atoms with van der Waals surface area (Å²) in [5.74, 6) is 0.800. The summed E-state index contributed by atoms with van der Waals surface area (Å²) in [6.45, 7) is 3.36. The highest BCUT2D eigenvalue weighted by Crippen LogP contribution is 2.43. The van der Waals surface area contributed by atoms with Gasteiger partial charge in [-0.2, -0.15) is 0 Å². The van der Waals surface area contributed by atoms with Crippen LogP contribution in [-0.2, 0) is 13.0 Å². The molecule has 0 bridgehead atoms. The highest BCUT2D eigenvalue weighted by Gasteiger charge is 2.26. The monoisotopic (exact) mass is 367 g/mol. The van der Waals surface area contributed by atoms with Crippen LogP contribution in [0, 0.1) is 0 Å². The third-order valence-electron chi connectivity index (χ3n) is 4.92. The highest BCUT2D eigenvalue weighted by atomic mass is 32.1. The number of pyridine rings is 1. The van der Waals surface area contributed by atoms with E-state index in [1.165, 1.54) is 16.9 Å². The minimum absolute atomic E-state index is 0.0127. The first-order valence-corrected chi connectivity index (χ1v) is 9.39. The Balaban J connectivity index is 2.06. The van der Waals surface area contributed by atoms with E-state index < -0.39 is 0 Å². The molecule has 0 unspecified atom stereocenters. The first-order valence-electron chi connectivity index (χ1n) is 8.57. The van der Waals surface area contributed by atoms with Gasteiger partial charge in [0, 0.05) is 43.1 Å². The summed E-state index contributed by atoms with van der Waals surface area (Å²) in [6, 6.07) is 8.00. The molecule has 0 atom stereocenters. The molecule has 3 aromatic rings. The molecule has 2 aromatic heterocycles. The molecular weight excluding hydrogens is 346 g/mol. The summed E-state index contributed by atoms with van der Waals surface area (Å²) < 4.78 is 5.29. The number of hydrogen-bond acceptors (Lipinski definition) is 6. The fourth-order valence-corrected chi connectivity index (χ4v) is 4.62. The number of nitrogen functional groups attached to an aromatic ring is 1. The van der Waals surface area contributed by atoms with Crippen molar-refractivity contribution < 1.29 is 9.53 Å². The number of anilines is 1. The molecule has 0 fully saturated rings. The van der Waals surface area contributed by atoms with Gasteiger partial charge in [-0.3, -0.25) is 4.79 Å². The number of aromatic nitrogens is 1. The van der Waals surface area contributed by atoms with Gasteiger partial charge < -0.3 is 15.4 Å². The van der Waals surface area contributed by atoms with Crippen LogP contribution in [0.5, 0.6) is 5.75 Å². The lowest BCUT2D eigenvalue weighted by molar-refractivity contribution is 0.102. The average molecular weight is 367 g/mol. The second kappa shape index (κ2) is 6.37. The molecule has 0 aliphatic carbocycles. The number of rotatable bonds is 3. The molecule has 1 aliphatic rings. The molecule has 3 heterocycles. The Morgan fingerprint density at radius 2 is 2.04 bits per heavy atom. The molecule has 134 valence electrons. The second-order valence-corrected chi connectivity index (χ2v) is 7.71. The van der Waals surface area contributed by atoms with Crippen LogP contribution >= 0.6 is 11.3 Å². The Morgan fingerprint density at radius 1 is 1.31 bits per heavy atom. The molecule has 0 saturated carbocycles. The van der Waals surface area contributed by atoms with Crippen LogP contribution in [0.15, 0.2) is 24.3 Å². The van der Waals surface area contributed by atoms with Crippen LogP contribution in [0.1, 0.15) is 27.9 Å². The molecular formula is C20H21N3O2S. The molecule has 0 spiro atoms. The molecule has 1 aromatic carbocycles. The number of benzene rings is 1. The van der Waals surface area contributed by atoms with Gasteiger partial charge in [-0.05, 0) is 30.3 Å². The van der Waals surface area contributed by atoms with Gasteiger partial charge in [0.25, 0.3) is 0 Å². The van der Waals surface area contributed by atoms with Gasteiger partial charge in [-0.1, -0.05) is 12.1 Å². The molecule has 0 radical (unpaired) electrons. The fourth-order valence-electron chi connectivity index (χ4n) is 3.60. The maximum Gasteiger partial charge on any atom is 0.171 e. The average Bonchev–Trinajstić information content (AvgIpc) is 2.97. The summed E-state index contributed by atoms with van der Waals surface area (Å²) in [5.41, 5.74) is 11.4. The number of likely N-dealkylation sites (N-methyl/N-ethyl adjacent to an activating group) is 1. The van der Waals surface area contributed by atoms with Gasteiger partial charge in [0.1, 0.15) is 10.6 Å². The van der Waals surface area contributed by atoms with Gasteiger partial charge >= 0.3 is 0 Å². The van der Waals surface area contributed by atoms with E-state index in [0.29, 0.717) is 10.6 Å². The molecule has 0 amide bonds. The third-order valence-corrected chi connectivity index (χ3v) is 6.12. The molecule has 4 rings (SSSR count). The summed E-state index contributed by atoms with van der Waals surface area (Å²) in [4.78, 5) is 20.6. The number of ether oxygens (including phenoxy) is 1. The largest absolute Gasteiger partial charge is 0.497 e. The Kier molecular flexibility index (Phi) is 4.17. The molecule has 5 nitrogen and oxygen atoms in total. The number of ketones is 1. The SMILES string of the molecule is COc1ccc(-c2c3c(nc4sc(C(C)=O)c(N)c24)CCN(C)C3)cc1. The number of nitrogens with two attached hydrogens (primary N) is 1. The van der Waals surface area contributed by atoms with E-state index in [4.69, 9.17) is 15.5 Å². The summed E-state index contributed by atoms with van der Waals surface area (Å²) >= 11 is 1.40. The van der Waals surface area contributed by atoms with Gasteiger partial charge in [-0.25, -0.2) is 4.98 Å². The summed E-state index contributed by atoms with van der Waals surface area (Å²) in [5, 5.41) is 0.902. The zero-order chi connectivity index (χ0) is 18.4. The van der Waals surface area contributed by atoms with Gasteiger partial charge in [0.05, 0.1) is 17.7 Å². The fraction of sp³-hybridized carbons (Fsp3) is 0.300. The molecule has 26 heavy (non-hydrogen) atoms. The number of thiophene rings is 1. The van der Waals surface area contributed by atoms with Crippen LogP contribution in [0.2, 0.25) is 0 Å². The quantitative estimate of drug-likeness (QED) is 0.714. The zero-order valence-electron chi connectivity index (χ0n) is 15.1. The lowest BCUT2D eigenvalue weighted by Crippen LogP contribution is -2.27. The molecule has 6 heteroatoms. The predicted molar refractivity (Wildman–Crippen MR) is 106 cm³/mol. The van der Waals surface area contributed by atoms with Gasteiger partial charge in [0.15, 0.2) is 5.78 Å². The first kappa shape index (κ1) is 17.0. The van der Waals surface area contributed by atoms with Crippen molar-refractivity contribution >= 4 is 33.0 Å². The summed E-state index contributed by atoms with van der Waals surface area (Å²) in [6.07, 6.45) is 0.901.